The molecule has 8 unspecified atom stereocenters. The number of aryl methyl sites for hydroxylation is 2. The number of hydrogen-bond donors (Lipinski definition) is 0. The highest BCUT2D eigenvalue weighted by Crippen LogP contribution is 2.58. The van der Waals surface area contributed by atoms with Crippen LogP contribution in [0.15, 0.2) is 54.1 Å². The number of rotatable bonds is 17. The average Bonchev–Trinajstić information content (AvgIpc) is 3.86. The zero-order valence-corrected chi connectivity index (χ0v) is 36.4. The lowest BCUT2D eigenvalue weighted by Crippen LogP contribution is -2.38. The van der Waals surface area contributed by atoms with E-state index in [1.165, 1.54) is 39.7 Å². The Balaban J connectivity index is 1.21. The van der Waals surface area contributed by atoms with Crippen LogP contribution in [0.3, 0.4) is 0 Å². The van der Waals surface area contributed by atoms with Crippen molar-refractivity contribution in [3.8, 4) is 5.75 Å². The Morgan fingerprint density at radius 3 is 2.28 bits per heavy atom. The Kier molecular flexibility index (Phi) is 11.6. The molecule has 0 saturated heterocycles. The summed E-state index contributed by atoms with van der Waals surface area (Å²) in [5, 5.41) is 2.21. The molecular weight excluding hydrogens is 705 g/mol. The van der Waals surface area contributed by atoms with Gasteiger partial charge >= 0.3 is 0 Å². The highest BCUT2D eigenvalue weighted by Gasteiger charge is 2.59. The molecule has 4 saturated carbocycles. The SMILES string of the molecule is C=CC1CC1(CC(=O)C1CC(Oc2cc(C3=C(C)CC(CC(C)C)=C3)cc3c(C)c(CC)ccc23)CC1C(=O)C(CC(=O)CC1CC2CC2C1)C(C)(C)C)C(C)=O. The van der Waals surface area contributed by atoms with Gasteiger partial charge in [-0.25, -0.2) is 0 Å². The summed E-state index contributed by atoms with van der Waals surface area (Å²) in [6.45, 7) is 22.9. The molecule has 5 heteroatoms. The maximum atomic E-state index is 15.0. The summed E-state index contributed by atoms with van der Waals surface area (Å²) >= 11 is 0. The highest BCUT2D eigenvalue weighted by molar-refractivity contribution is 5.98. The van der Waals surface area contributed by atoms with Crippen molar-refractivity contribution in [3.63, 3.8) is 0 Å². The van der Waals surface area contributed by atoms with Crippen LogP contribution in [-0.4, -0.2) is 29.2 Å². The predicted molar refractivity (Wildman–Crippen MR) is 231 cm³/mol. The fraction of sp³-hybridized carbons (Fsp3) is 0.615. The molecule has 57 heavy (non-hydrogen) atoms. The number of carbonyl (C=O) groups is 4. The lowest BCUT2D eigenvalue weighted by molar-refractivity contribution is -0.139. The van der Waals surface area contributed by atoms with Crippen molar-refractivity contribution in [3.05, 3.63) is 70.8 Å². The molecule has 306 valence electrons. The molecular formula is C52H68O5. The predicted octanol–water partition coefficient (Wildman–Crippen LogP) is 12.0. The molecule has 0 heterocycles. The van der Waals surface area contributed by atoms with Gasteiger partial charge in [0.1, 0.15) is 35.0 Å². The number of hydrogen-bond acceptors (Lipinski definition) is 5. The van der Waals surface area contributed by atoms with Crippen molar-refractivity contribution >= 4 is 39.5 Å². The minimum atomic E-state index is -0.722. The molecule has 4 fully saturated rings. The molecule has 2 aromatic carbocycles. The number of fused-ring (bicyclic) bond motifs is 2. The molecule has 0 amide bonds. The van der Waals surface area contributed by atoms with Gasteiger partial charge in [0.25, 0.3) is 0 Å². The molecule has 5 aliphatic carbocycles. The van der Waals surface area contributed by atoms with Crippen LogP contribution >= 0.6 is 0 Å². The molecule has 2 aromatic rings. The Morgan fingerprint density at radius 2 is 1.67 bits per heavy atom. The van der Waals surface area contributed by atoms with E-state index in [1.54, 1.807) is 13.0 Å². The van der Waals surface area contributed by atoms with E-state index >= 15 is 4.79 Å². The zero-order chi connectivity index (χ0) is 41.1. The van der Waals surface area contributed by atoms with E-state index in [0.717, 1.165) is 60.6 Å². The van der Waals surface area contributed by atoms with E-state index in [2.05, 4.69) is 92.3 Å². The van der Waals surface area contributed by atoms with Crippen LogP contribution in [0.1, 0.15) is 143 Å². The van der Waals surface area contributed by atoms with Gasteiger partial charge in [-0.05, 0) is 153 Å². The first kappa shape index (κ1) is 41.6. The van der Waals surface area contributed by atoms with Gasteiger partial charge in [-0.3, -0.25) is 19.2 Å². The minimum Gasteiger partial charge on any atom is -0.490 e. The third-order valence-corrected chi connectivity index (χ3v) is 15.0. The van der Waals surface area contributed by atoms with Gasteiger partial charge in [0.2, 0.25) is 0 Å². The Hall–Kier alpha value is -3.60. The number of ether oxygens (including phenoxy) is 1. The summed E-state index contributed by atoms with van der Waals surface area (Å²) in [5.74, 6) is 1.96. The fourth-order valence-electron chi connectivity index (χ4n) is 11.5. The first-order valence-corrected chi connectivity index (χ1v) is 22.3. The van der Waals surface area contributed by atoms with Crippen LogP contribution in [0, 0.1) is 65.1 Å². The Bertz CT molecular complexity index is 2030. The fourth-order valence-corrected chi connectivity index (χ4v) is 11.5. The van der Waals surface area contributed by atoms with Crippen LogP contribution in [0.25, 0.3) is 16.3 Å². The summed E-state index contributed by atoms with van der Waals surface area (Å²) < 4.78 is 7.09. The molecule has 0 bridgehead atoms. The summed E-state index contributed by atoms with van der Waals surface area (Å²) in [4.78, 5) is 56.3. The lowest BCUT2D eigenvalue weighted by atomic mass is 9.69. The summed E-state index contributed by atoms with van der Waals surface area (Å²) in [6, 6.07) is 8.87. The highest BCUT2D eigenvalue weighted by atomic mass is 16.5. The average molecular weight is 773 g/mol. The molecule has 8 atom stereocenters. The van der Waals surface area contributed by atoms with E-state index in [1.807, 2.05) is 0 Å². The van der Waals surface area contributed by atoms with Crippen molar-refractivity contribution in [1.29, 1.82) is 0 Å². The number of ketones is 4. The van der Waals surface area contributed by atoms with E-state index in [9.17, 15) is 14.4 Å². The standard InChI is InChI=1S/C52H68O5/c1-11-35-13-14-42-44(31(35)6)22-38(43-20-33(15-29(3)4)16-30(43)5)23-49(42)57-41-25-45(48(55)28-52(32(7)53)27-39(52)12-2)46(26-41)50(56)47(51(8,9)10)24-40(54)19-34-17-36-21-37(36)18-34/h12-14,20,22-23,29,34,36-37,39,41,45-47H,2,11,15-19,21,24-28H2,1,3-10H3. The normalized spacial score (nSPS) is 29.7. The molecule has 0 spiro atoms. The van der Waals surface area contributed by atoms with Crippen molar-refractivity contribution < 1.29 is 23.9 Å². The van der Waals surface area contributed by atoms with Gasteiger partial charge in [0.15, 0.2) is 0 Å². The summed E-state index contributed by atoms with van der Waals surface area (Å²) in [7, 11) is 0. The van der Waals surface area contributed by atoms with Gasteiger partial charge in [-0.2, -0.15) is 0 Å². The lowest BCUT2D eigenvalue weighted by Gasteiger charge is -2.33. The largest absolute Gasteiger partial charge is 0.490 e. The van der Waals surface area contributed by atoms with Crippen molar-refractivity contribution in [2.45, 2.75) is 145 Å². The Morgan fingerprint density at radius 1 is 0.965 bits per heavy atom. The van der Waals surface area contributed by atoms with Crippen molar-refractivity contribution in [2.24, 2.45) is 58.2 Å². The molecule has 5 nitrogen and oxygen atoms in total. The topological polar surface area (TPSA) is 77.5 Å². The maximum Gasteiger partial charge on any atom is 0.140 e. The van der Waals surface area contributed by atoms with E-state index in [-0.39, 0.29) is 48.0 Å². The van der Waals surface area contributed by atoms with Gasteiger partial charge in [0.05, 0.1) is 0 Å². The van der Waals surface area contributed by atoms with E-state index in [4.69, 9.17) is 4.74 Å². The van der Waals surface area contributed by atoms with Gasteiger partial charge in [0, 0.05) is 47.8 Å². The second-order valence-electron chi connectivity index (χ2n) is 20.7. The summed E-state index contributed by atoms with van der Waals surface area (Å²) in [5.41, 5.74) is 6.61. The van der Waals surface area contributed by atoms with E-state index in [0.29, 0.717) is 37.5 Å². The second-order valence-corrected chi connectivity index (χ2v) is 20.7. The van der Waals surface area contributed by atoms with Gasteiger partial charge in [-0.1, -0.05) is 77.0 Å². The van der Waals surface area contributed by atoms with Crippen LogP contribution in [-0.2, 0) is 25.6 Å². The minimum absolute atomic E-state index is 0.0131. The zero-order valence-electron chi connectivity index (χ0n) is 36.4. The number of benzene rings is 2. The molecule has 7 rings (SSSR count). The Labute approximate surface area is 342 Å². The van der Waals surface area contributed by atoms with Gasteiger partial charge < -0.3 is 4.74 Å². The number of Topliss-reactive ketones (excluding diaryl/α,β-unsaturated/α-hetero) is 4. The van der Waals surface area contributed by atoms with Crippen molar-refractivity contribution in [2.75, 3.05) is 0 Å². The first-order valence-electron chi connectivity index (χ1n) is 22.3. The molecule has 5 aliphatic rings. The first-order chi connectivity index (χ1) is 26.9. The smallest absolute Gasteiger partial charge is 0.140 e. The maximum absolute atomic E-state index is 15.0. The number of allylic oxidation sites excluding steroid dienone is 5. The summed E-state index contributed by atoms with van der Waals surface area (Å²) in [6.07, 6.45) is 12.8. The van der Waals surface area contributed by atoms with Crippen molar-refractivity contribution in [1.82, 2.24) is 0 Å². The quantitative estimate of drug-likeness (QED) is 0.150. The molecule has 0 radical (unpaired) electrons. The molecule has 0 aromatic heterocycles. The number of carbonyl (C=O) groups excluding carboxylic acids is 4. The van der Waals surface area contributed by atoms with Crippen LogP contribution in [0.4, 0.5) is 0 Å². The second kappa shape index (κ2) is 15.9. The third kappa shape index (κ3) is 8.46. The van der Waals surface area contributed by atoms with Crippen LogP contribution in [0.2, 0.25) is 0 Å². The van der Waals surface area contributed by atoms with Gasteiger partial charge in [-0.15, -0.1) is 6.58 Å². The molecule has 0 aliphatic heterocycles. The van der Waals surface area contributed by atoms with Crippen LogP contribution < -0.4 is 4.74 Å². The monoisotopic (exact) mass is 773 g/mol. The molecule has 0 N–H and O–H groups in total. The van der Waals surface area contributed by atoms with E-state index < -0.39 is 28.6 Å². The third-order valence-electron chi connectivity index (χ3n) is 15.0. The van der Waals surface area contributed by atoms with Crippen LogP contribution in [0.5, 0.6) is 5.75 Å².